The van der Waals surface area contributed by atoms with Crippen LogP contribution in [0.3, 0.4) is 0 Å². The number of ether oxygens (including phenoxy) is 3. The SMILES string of the molecule is CC/C=C\C/C=C\C/C=C\C/C=C\C/C=C\CCCCCC(=O)OCC(COCCCCCC/C=C\C/C=C\C/C=C\CC)OC(=O)CCCC/C=C\C/C=C\C/C=C\C/C=C\CC. The van der Waals surface area contributed by atoms with Crippen molar-refractivity contribution in [2.24, 2.45) is 0 Å². The topological polar surface area (TPSA) is 61.8 Å². The molecule has 0 saturated carbocycles. The van der Waals surface area contributed by atoms with E-state index in [2.05, 4.69) is 167 Å². The summed E-state index contributed by atoms with van der Waals surface area (Å²) in [5, 5.41) is 0. The summed E-state index contributed by atoms with van der Waals surface area (Å²) in [4.78, 5) is 25.4. The predicted octanol–water partition coefficient (Wildman–Crippen LogP) is 17.3. The zero-order chi connectivity index (χ0) is 46.3. The van der Waals surface area contributed by atoms with Gasteiger partial charge in [0.25, 0.3) is 0 Å². The van der Waals surface area contributed by atoms with Crippen LogP contribution in [-0.2, 0) is 23.8 Å². The maximum absolute atomic E-state index is 12.8. The van der Waals surface area contributed by atoms with Gasteiger partial charge in [-0.15, -0.1) is 0 Å². The molecule has 5 heteroatoms. The molecule has 0 aromatic carbocycles. The normalized spacial score (nSPS) is 13.5. The number of hydrogen-bond acceptors (Lipinski definition) is 5. The van der Waals surface area contributed by atoms with Crippen LogP contribution in [0.2, 0.25) is 0 Å². The van der Waals surface area contributed by atoms with Gasteiger partial charge in [-0.05, 0) is 135 Å². The predicted molar refractivity (Wildman–Crippen MR) is 278 cm³/mol. The van der Waals surface area contributed by atoms with Gasteiger partial charge in [-0.3, -0.25) is 9.59 Å². The Morgan fingerprint density at radius 2 is 0.656 bits per heavy atom. The zero-order valence-corrected chi connectivity index (χ0v) is 41.0. The maximum atomic E-state index is 12.8. The fourth-order valence-corrected chi connectivity index (χ4v) is 6.19. The van der Waals surface area contributed by atoms with Gasteiger partial charge in [0.2, 0.25) is 0 Å². The highest BCUT2D eigenvalue weighted by atomic mass is 16.6. The van der Waals surface area contributed by atoms with E-state index >= 15 is 0 Å². The minimum absolute atomic E-state index is 0.0313. The van der Waals surface area contributed by atoms with E-state index in [1.165, 1.54) is 6.42 Å². The number of allylic oxidation sites excluding steroid dienone is 24. The molecule has 0 radical (unpaired) electrons. The lowest BCUT2D eigenvalue weighted by Crippen LogP contribution is -2.30. The molecule has 0 N–H and O–H groups in total. The molecule has 0 spiro atoms. The van der Waals surface area contributed by atoms with Crippen LogP contribution in [0.5, 0.6) is 0 Å². The number of carbonyl (C=O) groups excluding carboxylic acids is 2. The first-order chi connectivity index (χ1) is 31.6. The van der Waals surface area contributed by atoms with Crippen molar-refractivity contribution < 1.29 is 23.8 Å². The van der Waals surface area contributed by atoms with Gasteiger partial charge in [-0.25, -0.2) is 0 Å². The Bertz CT molecular complexity index is 1410. The Morgan fingerprint density at radius 3 is 1.06 bits per heavy atom. The molecule has 358 valence electrons. The highest BCUT2D eigenvalue weighted by Gasteiger charge is 2.17. The van der Waals surface area contributed by atoms with Crippen LogP contribution in [-0.4, -0.2) is 37.9 Å². The third-order valence-corrected chi connectivity index (χ3v) is 9.85. The Labute approximate surface area is 393 Å². The van der Waals surface area contributed by atoms with Gasteiger partial charge < -0.3 is 14.2 Å². The average molecular weight is 881 g/mol. The zero-order valence-electron chi connectivity index (χ0n) is 41.0. The molecule has 0 saturated heterocycles. The Kier molecular flexibility index (Phi) is 49.6. The van der Waals surface area contributed by atoms with Gasteiger partial charge in [0, 0.05) is 19.4 Å². The minimum atomic E-state index is -0.594. The summed E-state index contributed by atoms with van der Waals surface area (Å²) in [7, 11) is 0. The Morgan fingerprint density at radius 1 is 0.344 bits per heavy atom. The fourth-order valence-electron chi connectivity index (χ4n) is 6.19. The average Bonchev–Trinajstić information content (AvgIpc) is 3.30. The summed E-state index contributed by atoms with van der Waals surface area (Å²) in [6.45, 7) is 7.33. The molecule has 0 aromatic rings. The largest absolute Gasteiger partial charge is 0.462 e. The van der Waals surface area contributed by atoms with Crippen LogP contribution in [0.4, 0.5) is 0 Å². The summed E-state index contributed by atoms with van der Waals surface area (Å²) in [5.74, 6) is -0.509. The maximum Gasteiger partial charge on any atom is 0.306 e. The van der Waals surface area contributed by atoms with Crippen molar-refractivity contribution in [1.82, 2.24) is 0 Å². The molecular weight excluding hydrogens is 789 g/mol. The summed E-state index contributed by atoms with van der Waals surface area (Å²) < 4.78 is 17.3. The molecule has 0 aliphatic heterocycles. The van der Waals surface area contributed by atoms with Crippen LogP contribution in [0.1, 0.15) is 188 Å². The van der Waals surface area contributed by atoms with Crippen LogP contribution < -0.4 is 0 Å². The van der Waals surface area contributed by atoms with E-state index in [9.17, 15) is 9.59 Å². The Hall–Kier alpha value is -4.22. The van der Waals surface area contributed by atoms with Gasteiger partial charge >= 0.3 is 11.9 Å². The van der Waals surface area contributed by atoms with Crippen LogP contribution in [0.15, 0.2) is 146 Å². The summed E-state index contributed by atoms with van der Waals surface area (Å²) in [6.07, 6.45) is 77.2. The minimum Gasteiger partial charge on any atom is -0.462 e. The molecule has 0 amide bonds. The smallest absolute Gasteiger partial charge is 0.306 e. The molecule has 0 heterocycles. The summed E-state index contributed by atoms with van der Waals surface area (Å²) >= 11 is 0. The lowest BCUT2D eigenvalue weighted by molar-refractivity contribution is -0.163. The first-order valence-electron chi connectivity index (χ1n) is 25.4. The molecule has 1 atom stereocenters. The molecular formula is C59H92O5. The lowest BCUT2D eigenvalue weighted by atomic mass is 10.1. The van der Waals surface area contributed by atoms with E-state index < -0.39 is 6.10 Å². The van der Waals surface area contributed by atoms with Gasteiger partial charge in [0.05, 0.1) is 6.61 Å². The molecule has 64 heavy (non-hydrogen) atoms. The molecule has 5 nitrogen and oxygen atoms in total. The van der Waals surface area contributed by atoms with Gasteiger partial charge in [-0.1, -0.05) is 186 Å². The Balaban J connectivity index is 4.47. The summed E-state index contributed by atoms with van der Waals surface area (Å²) in [5.41, 5.74) is 0. The van der Waals surface area contributed by atoms with Crippen molar-refractivity contribution in [2.45, 2.75) is 194 Å². The number of unbranched alkanes of at least 4 members (excludes halogenated alkanes) is 9. The van der Waals surface area contributed by atoms with Crippen molar-refractivity contribution in [3.63, 3.8) is 0 Å². The third kappa shape index (κ3) is 50.4. The van der Waals surface area contributed by atoms with Gasteiger partial charge in [0.1, 0.15) is 6.61 Å². The molecule has 0 fully saturated rings. The molecule has 0 bridgehead atoms. The number of carbonyl (C=O) groups is 2. The van der Waals surface area contributed by atoms with Gasteiger partial charge in [0.15, 0.2) is 6.10 Å². The van der Waals surface area contributed by atoms with E-state index in [0.29, 0.717) is 19.4 Å². The highest BCUT2D eigenvalue weighted by Crippen LogP contribution is 2.10. The van der Waals surface area contributed by atoms with E-state index in [1.54, 1.807) is 0 Å². The second-order valence-electron chi connectivity index (χ2n) is 15.9. The van der Waals surface area contributed by atoms with Crippen molar-refractivity contribution in [2.75, 3.05) is 19.8 Å². The van der Waals surface area contributed by atoms with Crippen LogP contribution in [0.25, 0.3) is 0 Å². The number of rotatable bonds is 44. The molecule has 0 aliphatic carbocycles. The molecule has 0 aliphatic rings. The first-order valence-corrected chi connectivity index (χ1v) is 25.4. The monoisotopic (exact) mass is 881 g/mol. The van der Waals surface area contributed by atoms with Crippen molar-refractivity contribution in [3.05, 3.63) is 146 Å². The van der Waals surface area contributed by atoms with Crippen molar-refractivity contribution in [3.8, 4) is 0 Å². The van der Waals surface area contributed by atoms with Crippen LogP contribution >= 0.6 is 0 Å². The lowest BCUT2D eigenvalue weighted by Gasteiger charge is -2.18. The fraction of sp³-hybridized carbons (Fsp3) is 0.559. The van der Waals surface area contributed by atoms with E-state index in [0.717, 1.165) is 148 Å². The second kappa shape index (κ2) is 53.1. The first kappa shape index (κ1) is 59.8. The quantitative estimate of drug-likeness (QED) is 0.0347. The molecule has 1 unspecified atom stereocenters. The number of hydrogen-bond donors (Lipinski definition) is 0. The summed E-state index contributed by atoms with van der Waals surface area (Å²) in [6, 6.07) is 0. The molecule has 0 aromatic heterocycles. The van der Waals surface area contributed by atoms with Crippen LogP contribution in [0, 0.1) is 0 Å². The third-order valence-electron chi connectivity index (χ3n) is 9.85. The highest BCUT2D eigenvalue weighted by molar-refractivity contribution is 5.70. The second-order valence-corrected chi connectivity index (χ2v) is 15.9. The standard InChI is InChI=1S/C59H92O5/c1-4-7-10-13-16-19-22-25-28-29-30-31-33-34-37-40-43-46-49-52-58(60)63-56-57(55-62-54-51-48-45-42-39-36-27-24-21-18-15-12-9-6-3)64-59(61)53-50-47-44-41-38-35-32-26-23-20-17-14-11-8-5-2/h7-12,16-21,25-28,30-32,34,36-38,41,57H,4-6,13-15,22-24,29,33,35,39-40,42-56H2,1-3H3/b10-7-,11-8-,12-9-,19-16-,20-17-,21-18-,28-25-,31-30-,32-26-,36-27-,37-34-,41-38-. The molecule has 0 rings (SSSR count). The van der Waals surface area contributed by atoms with Gasteiger partial charge in [-0.2, -0.15) is 0 Å². The van der Waals surface area contributed by atoms with E-state index in [4.69, 9.17) is 14.2 Å². The van der Waals surface area contributed by atoms with E-state index in [-0.39, 0.29) is 25.2 Å². The van der Waals surface area contributed by atoms with Crippen molar-refractivity contribution >= 4 is 11.9 Å². The number of esters is 2. The van der Waals surface area contributed by atoms with Crippen molar-refractivity contribution in [1.29, 1.82) is 0 Å². The van der Waals surface area contributed by atoms with E-state index in [1.807, 2.05) is 0 Å².